The molecule has 1 N–H and O–H groups in total. The fourth-order valence-electron chi connectivity index (χ4n) is 4.59. The zero-order chi connectivity index (χ0) is 17.9. The Bertz CT molecular complexity index is 884. The number of benzene rings is 1. The quantitative estimate of drug-likeness (QED) is 0.774. The van der Waals surface area contributed by atoms with E-state index in [0.29, 0.717) is 22.6 Å². The van der Waals surface area contributed by atoms with Crippen LogP contribution in [0, 0.1) is 0 Å². The molecule has 0 aromatic heterocycles. The van der Waals surface area contributed by atoms with Crippen molar-refractivity contribution in [2.24, 2.45) is 0 Å². The highest BCUT2D eigenvalue weighted by atomic mass is 35.5. The van der Waals surface area contributed by atoms with Crippen LogP contribution in [0.4, 0.5) is 0 Å². The van der Waals surface area contributed by atoms with Crippen molar-refractivity contribution >= 4 is 23.4 Å². The maximum Gasteiger partial charge on any atom is 0.261 e. The molecule has 26 heavy (non-hydrogen) atoms. The molecule has 2 amide bonds. The minimum Gasteiger partial charge on any atom is -0.367 e. The first-order chi connectivity index (χ1) is 12.6. The summed E-state index contributed by atoms with van der Waals surface area (Å²) in [6.07, 6.45) is 11.1. The van der Waals surface area contributed by atoms with Gasteiger partial charge in [-0.05, 0) is 43.5 Å². The molecule has 1 unspecified atom stereocenters. The number of carbonyl (C=O) groups is 2. The van der Waals surface area contributed by atoms with Crippen molar-refractivity contribution in [3.8, 4) is 0 Å². The minimum absolute atomic E-state index is 0.130. The molecule has 1 saturated carbocycles. The Hall–Kier alpha value is -2.53. The van der Waals surface area contributed by atoms with Crippen LogP contribution in [0.25, 0.3) is 0 Å². The zero-order valence-electron chi connectivity index (χ0n) is 14.1. The van der Waals surface area contributed by atoms with Crippen molar-refractivity contribution in [2.45, 2.75) is 37.4 Å². The molecule has 0 saturated heterocycles. The van der Waals surface area contributed by atoms with E-state index in [1.165, 1.54) is 4.90 Å². The molecule has 5 rings (SSSR count). The van der Waals surface area contributed by atoms with E-state index in [1.807, 2.05) is 24.6 Å². The Kier molecular flexibility index (Phi) is 3.31. The van der Waals surface area contributed by atoms with E-state index in [-0.39, 0.29) is 23.5 Å². The van der Waals surface area contributed by atoms with Gasteiger partial charge < -0.3 is 10.2 Å². The highest BCUT2D eigenvalue weighted by Gasteiger charge is 2.49. The van der Waals surface area contributed by atoms with Gasteiger partial charge in [-0.15, -0.1) is 0 Å². The summed E-state index contributed by atoms with van der Waals surface area (Å²) in [5.74, 6) is -0.350. The summed E-state index contributed by atoms with van der Waals surface area (Å²) in [6, 6.07) is 6.95. The Morgan fingerprint density at radius 1 is 1.12 bits per heavy atom. The van der Waals surface area contributed by atoms with Crippen LogP contribution < -0.4 is 5.32 Å². The maximum atomic E-state index is 12.9. The smallest absolute Gasteiger partial charge is 0.261 e. The average Bonchev–Trinajstić information content (AvgIpc) is 3.11. The Balaban J connectivity index is 1.45. The topological polar surface area (TPSA) is 52.7 Å². The molecule has 3 heterocycles. The molecule has 0 radical (unpaired) electrons. The number of hydrogen-bond acceptors (Lipinski definition) is 4. The normalized spacial score (nSPS) is 29.5. The fraction of sp³-hybridized carbons (Fsp3) is 0.300. The van der Waals surface area contributed by atoms with E-state index in [4.69, 9.17) is 11.6 Å². The molecule has 1 spiro atoms. The summed E-state index contributed by atoms with van der Waals surface area (Å²) in [5, 5.41) is 4.17. The van der Waals surface area contributed by atoms with Gasteiger partial charge in [-0.25, -0.2) is 0 Å². The lowest BCUT2D eigenvalue weighted by Gasteiger charge is -2.46. The number of halogens is 1. The first kappa shape index (κ1) is 15.7. The predicted molar refractivity (Wildman–Crippen MR) is 98.1 cm³/mol. The molecular formula is C20H18ClN3O2. The van der Waals surface area contributed by atoms with Crippen LogP contribution in [0.15, 0.2) is 59.5 Å². The number of imide groups is 1. The van der Waals surface area contributed by atoms with Gasteiger partial charge in [0.15, 0.2) is 0 Å². The van der Waals surface area contributed by atoms with Crippen LogP contribution in [-0.4, -0.2) is 33.3 Å². The van der Waals surface area contributed by atoms with Crippen LogP contribution in [-0.2, 0) is 0 Å². The van der Waals surface area contributed by atoms with Gasteiger partial charge in [0.2, 0.25) is 0 Å². The molecule has 2 atom stereocenters. The standard InChI is InChI=1S/C20H18ClN3O2/c21-13-7-8-15-11-22-20(23(15)12-13)9-3-4-14(10-20)24-18(25)16-5-1-2-6-17(16)19(24)26/h1-2,5-8,11-12,14,22H,3-4,9-10H2/t14-,20?/m0/s1. The summed E-state index contributed by atoms with van der Waals surface area (Å²) in [5.41, 5.74) is 1.74. The van der Waals surface area contributed by atoms with E-state index in [1.54, 1.807) is 24.3 Å². The van der Waals surface area contributed by atoms with Gasteiger partial charge in [-0.3, -0.25) is 14.5 Å². The van der Waals surface area contributed by atoms with E-state index in [0.717, 1.165) is 25.0 Å². The number of fused-ring (bicyclic) bond motifs is 3. The highest BCUT2D eigenvalue weighted by molar-refractivity contribution is 6.31. The first-order valence-corrected chi connectivity index (χ1v) is 9.26. The largest absolute Gasteiger partial charge is 0.367 e. The molecule has 4 aliphatic rings. The second kappa shape index (κ2) is 5.48. The number of carbonyl (C=O) groups excluding carboxylic acids is 2. The van der Waals surface area contributed by atoms with Gasteiger partial charge in [0.25, 0.3) is 11.8 Å². The second-order valence-electron chi connectivity index (χ2n) is 7.24. The van der Waals surface area contributed by atoms with Crippen molar-refractivity contribution < 1.29 is 9.59 Å². The Labute approximate surface area is 156 Å². The van der Waals surface area contributed by atoms with Crippen molar-refractivity contribution in [1.29, 1.82) is 0 Å². The lowest BCUT2D eigenvalue weighted by Crippen LogP contribution is -2.57. The number of rotatable bonds is 1. The van der Waals surface area contributed by atoms with E-state index < -0.39 is 0 Å². The third kappa shape index (κ3) is 2.10. The summed E-state index contributed by atoms with van der Waals surface area (Å²) >= 11 is 6.22. The van der Waals surface area contributed by atoms with Crippen molar-refractivity contribution in [3.63, 3.8) is 0 Å². The SMILES string of the molecule is O=C1c2ccccc2C(=O)N1[C@H]1CCCC2(C1)NC=C1C=CC(Cl)=CN12. The molecule has 1 aromatic carbocycles. The average molecular weight is 368 g/mol. The monoisotopic (exact) mass is 367 g/mol. The van der Waals surface area contributed by atoms with E-state index in [2.05, 4.69) is 10.2 Å². The van der Waals surface area contributed by atoms with Crippen LogP contribution >= 0.6 is 11.6 Å². The number of nitrogens with one attached hydrogen (secondary N) is 1. The van der Waals surface area contributed by atoms with Gasteiger partial charge in [-0.2, -0.15) is 0 Å². The lowest BCUT2D eigenvalue weighted by molar-refractivity contribution is 0.0372. The van der Waals surface area contributed by atoms with Gasteiger partial charge in [0.05, 0.1) is 21.9 Å². The van der Waals surface area contributed by atoms with Crippen LogP contribution in [0.3, 0.4) is 0 Å². The number of allylic oxidation sites excluding steroid dienone is 3. The second-order valence-corrected chi connectivity index (χ2v) is 7.67. The van der Waals surface area contributed by atoms with Gasteiger partial charge >= 0.3 is 0 Å². The number of amides is 2. The third-order valence-corrected chi connectivity index (χ3v) is 6.01. The van der Waals surface area contributed by atoms with Crippen molar-refractivity contribution in [3.05, 3.63) is 70.7 Å². The van der Waals surface area contributed by atoms with E-state index in [9.17, 15) is 9.59 Å². The molecule has 5 nitrogen and oxygen atoms in total. The maximum absolute atomic E-state index is 12.9. The molecular weight excluding hydrogens is 350 g/mol. The summed E-state index contributed by atoms with van der Waals surface area (Å²) in [4.78, 5) is 29.3. The molecule has 132 valence electrons. The number of nitrogens with zero attached hydrogens (tertiary/aromatic N) is 2. The summed E-state index contributed by atoms with van der Waals surface area (Å²) in [7, 11) is 0. The molecule has 1 aliphatic carbocycles. The van der Waals surface area contributed by atoms with Crippen molar-refractivity contribution in [1.82, 2.24) is 15.1 Å². The molecule has 1 fully saturated rings. The summed E-state index contributed by atoms with van der Waals surface area (Å²) < 4.78 is 0. The van der Waals surface area contributed by atoms with Gasteiger partial charge in [0, 0.05) is 24.9 Å². The van der Waals surface area contributed by atoms with Gasteiger partial charge in [0.1, 0.15) is 5.66 Å². The predicted octanol–water partition coefficient (Wildman–Crippen LogP) is 3.32. The highest BCUT2D eigenvalue weighted by Crippen LogP contribution is 2.42. The van der Waals surface area contributed by atoms with Crippen LogP contribution in [0.5, 0.6) is 0 Å². The van der Waals surface area contributed by atoms with E-state index >= 15 is 0 Å². The Morgan fingerprint density at radius 3 is 2.58 bits per heavy atom. The molecule has 0 bridgehead atoms. The van der Waals surface area contributed by atoms with Crippen molar-refractivity contribution in [2.75, 3.05) is 0 Å². The first-order valence-electron chi connectivity index (χ1n) is 8.89. The molecule has 6 heteroatoms. The van der Waals surface area contributed by atoms with Crippen LogP contribution in [0.2, 0.25) is 0 Å². The Morgan fingerprint density at radius 2 is 1.85 bits per heavy atom. The summed E-state index contributed by atoms with van der Waals surface area (Å²) in [6.45, 7) is 0. The fourth-order valence-corrected chi connectivity index (χ4v) is 4.75. The number of hydrogen-bond donors (Lipinski definition) is 1. The lowest BCUT2D eigenvalue weighted by atomic mass is 9.83. The zero-order valence-corrected chi connectivity index (χ0v) is 14.9. The van der Waals surface area contributed by atoms with Gasteiger partial charge in [-0.1, -0.05) is 23.7 Å². The minimum atomic E-state index is -0.335. The molecule has 3 aliphatic heterocycles. The van der Waals surface area contributed by atoms with Crippen LogP contribution in [0.1, 0.15) is 46.4 Å². The third-order valence-electron chi connectivity index (χ3n) is 5.79. The molecule has 1 aromatic rings.